The molecule has 0 atom stereocenters. The van der Waals surface area contributed by atoms with Crippen molar-refractivity contribution in [2.75, 3.05) is 0 Å². The fraction of sp³-hybridized carbons (Fsp3) is 0.125. The molecule has 0 radical (unpaired) electrons. The average molecular weight is 163 g/mol. The van der Waals surface area contributed by atoms with Crippen molar-refractivity contribution < 1.29 is 5.21 Å². The number of hydrogen-bond donors (Lipinski definition) is 1. The summed E-state index contributed by atoms with van der Waals surface area (Å²) in [5.74, 6) is 0.235. The second-order valence-electron chi connectivity index (χ2n) is 2.18. The lowest BCUT2D eigenvalue weighted by Gasteiger charge is -1.88. The minimum absolute atomic E-state index is 0.235. The number of amidine groups is 1. The largest absolute Gasteiger partial charge is 0.409 e. The van der Waals surface area contributed by atoms with E-state index in [2.05, 4.69) is 15.4 Å². The van der Waals surface area contributed by atoms with Gasteiger partial charge in [-0.15, -0.1) is 10.2 Å². The number of nitrogens with zero attached hydrogens (tertiary/aromatic N) is 3. The highest BCUT2D eigenvalue weighted by Crippen LogP contribution is 2.09. The maximum atomic E-state index is 8.25. The van der Waals surface area contributed by atoms with E-state index in [1.54, 1.807) is 6.92 Å². The van der Waals surface area contributed by atoms with Crippen LogP contribution in [0.15, 0.2) is 45.7 Å². The fourth-order valence-corrected chi connectivity index (χ4v) is 0.645. The predicted octanol–water partition coefficient (Wildman–Crippen LogP) is 2.58. The van der Waals surface area contributed by atoms with E-state index < -0.39 is 0 Å². The first kappa shape index (κ1) is 8.39. The molecule has 0 saturated heterocycles. The van der Waals surface area contributed by atoms with Crippen molar-refractivity contribution in [3.63, 3.8) is 0 Å². The van der Waals surface area contributed by atoms with Crippen LogP contribution in [0.1, 0.15) is 6.92 Å². The lowest BCUT2D eigenvalue weighted by molar-refractivity contribution is 0.318. The topological polar surface area (TPSA) is 57.3 Å². The summed E-state index contributed by atoms with van der Waals surface area (Å²) in [5.41, 5.74) is 0.737. The molecule has 12 heavy (non-hydrogen) atoms. The Hall–Kier alpha value is -1.71. The van der Waals surface area contributed by atoms with Gasteiger partial charge in [-0.05, 0) is 12.1 Å². The van der Waals surface area contributed by atoms with Crippen LogP contribution in [0.5, 0.6) is 0 Å². The fourth-order valence-electron chi connectivity index (χ4n) is 0.645. The number of hydrogen-bond acceptors (Lipinski definition) is 3. The molecule has 1 aromatic carbocycles. The van der Waals surface area contributed by atoms with Gasteiger partial charge in [-0.3, -0.25) is 0 Å². The van der Waals surface area contributed by atoms with Gasteiger partial charge in [-0.25, -0.2) is 0 Å². The highest BCUT2D eigenvalue weighted by Gasteiger charge is 1.86. The molecule has 0 aliphatic rings. The molecule has 4 heteroatoms. The van der Waals surface area contributed by atoms with Crippen LogP contribution in [0.2, 0.25) is 0 Å². The van der Waals surface area contributed by atoms with Crippen molar-refractivity contribution in [3.05, 3.63) is 30.3 Å². The molecule has 0 aromatic heterocycles. The number of oxime groups is 1. The summed E-state index contributed by atoms with van der Waals surface area (Å²) < 4.78 is 0. The molecule has 0 amide bonds. The molecular formula is C8H9N3O. The summed E-state index contributed by atoms with van der Waals surface area (Å²) in [7, 11) is 0. The Morgan fingerprint density at radius 2 is 1.92 bits per heavy atom. The van der Waals surface area contributed by atoms with Crippen molar-refractivity contribution in [1.29, 1.82) is 0 Å². The van der Waals surface area contributed by atoms with E-state index in [0.717, 1.165) is 5.69 Å². The zero-order chi connectivity index (χ0) is 8.81. The van der Waals surface area contributed by atoms with Crippen LogP contribution in [0.25, 0.3) is 0 Å². The van der Waals surface area contributed by atoms with Crippen LogP contribution in [-0.4, -0.2) is 11.0 Å². The molecule has 0 bridgehead atoms. The maximum absolute atomic E-state index is 8.25. The minimum atomic E-state index is 0.235. The Bertz CT molecular complexity index is 292. The van der Waals surface area contributed by atoms with Gasteiger partial charge < -0.3 is 5.21 Å². The third-order valence-corrected chi connectivity index (χ3v) is 1.21. The summed E-state index contributed by atoms with van der Waals surface area (Å²) in [4.78, 5) is 0. The van der Waals surface area contributed by atoms with Crippen molar-refractivity contribution >= 4 is 11.5 Å². The van der Waals surface area contributed by atoms with Crippen LogP contribution in [-0.2, 0) is 0 Å². The molecule has 0 saturated carbocycles. The SMILES string of the molecule is CC(N=Nc1ccccc1)=NO. The van der Waals surface area contributed by atoms with Crippen molar-refractivity contribution in [1.82, 2.24) is 0 Å². The van der Waals surface area contributed by atoms with Gasteiger partial charge in [-0.1, -0.05) is 23.4 Å². The van der Waals surface area contributed by atoms with Gasteiger partial charge in [0.1, 0.15) is 0 Å². The Morgan fingerprint density at radius 1 is 1.25 bits per heavy atom. The quantitative estimate of drug-likeness (QED) is 0.223. The van der Waals surface area contributed by atoms with Crippen LogP contribution < -0.4 is 0 Å². The van der Waals surface area contributed by atoms with Crippen LogP contribution in [0.3, 0.4) is 0 Å². The zero-order valence-electron chi connectivity index (χ0n) is 6.68. The second kappa shape index (κ2) is 4.23. The molecule has 0 aliphatic heterocycles. The van der Waals surface area contributed by atoms with Gasteiger partial charge in [0, 0.05) is 6.92 Å². The molecule has 0 heterocycles. The molecule has 0 fully saturated rings. The Morgan fingerprint density at radius 3 is 2.50 bits per heavy atom. The third kappa shape index (κ3) is 2.49. The lowest BCUT2D eigenvalue weighted by atomic mass is 10.3. The van der Waals surface area contributed by atoms with Crippen molar-refractivity contribution in [2.45, 2.75) is 6.92 Å². The minimum Gasteiger partial charge on any atom is -0.409 e. The lowest BCUT2D eigenvalue weighted by Crippen LogP contribution is -1.80. The summed E-state index contributed by atoms with van der Waals surface area (Å²) in [6, 6.07) is 9.24. The Kier molecular flexibility index (Phi) is 2.95. The van der Waals surface area contributed by atoms with E-state index >= 15 is 0 Å². The molecule has 62 valence electrons. The first-order chi connectivity index (χ1) is 5.83. The van der Waals surface area contributed by atoms with Crippen LogP contribution >= 0.6 is 0 Å². The third-order valence-electron chi connectivity index (χ3n) is 1.21. The predicted molar refractivity (Wildman–Crippen MR) is 45.9 cm³/mol. The normalized spacial score (nSPS) is 12.2. The average Bonchev–Trinajstić information content (AvgIpc) is 2.16. The van der Waals surface area contributed by atoms with E-state index in [9.17, 15) is 0 Å². The van der Waals surface area contributed by atoms with E-state index in [1.165, 1.54) is 0 Å². The van der Waals surface area contributed by atoms with Crippen molar-refractivity contribution in [3.8, 4) is 0 Å². The Labute approximate surface area is 70.3 Å². The molecular weight excluding hydrogens is 154 g/mol. The molecule has 0 aliphatic carbocycles. The summed E-state index contributed by atoms with van der Waals surface area (Å²) in [5, 5.41) is 18.6. The van der Waals surface area contributed by atoms with Gasteiger partial charge in [0.05, 0.1) is 5.69 Å². The molecule has 1 aromatic rings. The first-order valence-corrected chi connectivity index (χ1v) is 3.48. The van der Waals surface area contributed by atoms with Gasteiger partial charge in [0.2, 0.25) is 0 Å². The van der Waals surface area contributed by atoms with Gasteiger partial charge in [0.25, 0.3) is 0 Å². The van der Waals surface area contributed by atoms with Crippen LogP contribution in [0.4, 0.5) is 5.69 Å². The molecule has 1 N–H and O–H groups in total. The molecule has 4 nitrogen and oxygen atoms in total. The van der Waals surface area contributed by atoms with E-state index in [0.29, 0.717) is 0 Å². The Balaban J connectivity index is 2.70. The number of azo groups is 1. The highest BCUT2D eigenvalue weighted by atomic mass is 16.4. The maximum Gasteiger partial charge on any atom is 0.186 e. The molecule has 0 spiro atoms. The summed E-state index contributed by atoms with van der Waals surface area (Å²) >= 11 is 0. The van der Waals surface area contributed by atoms with E-state index in [1.807, 2.05) is 30.3 Å². The van der Waals surface area contributed by atoms with Crippen molar-refractivity contribution in [2.24, 2.45) is 15.4 Å². The van der Waals surface area contributed by atoms with E-state index in [-0.39, 0.29) is 5.84 Å². The first-order valence-electron chi connectivity index (χ1n) is 3.48. The summed E-state index contributed by atoms with van der Waals surface area (Å²) in [6.07, 6.45) is 0. The smallest absolute Gasteiger partial charge is 0.186 e. The summed E-state index contributed by atoms with van der Waals surface area (Å²) in [6.45, 7) is 1.56. The van der Waals surface area contributed by atoms with Gasteiger partial charge in [-0.2, -0.15) is 0 Å². The number of rotatable bonds is 1. The van der Waals surface area contributed by atoms with Gasteiger partial charge >= 0.3 is 0 Å². The standard InChI is InChI=1S/C8H9N3O/c1-7(11-12)9-10-8-5-3-2-4-6-8/h2-6,12H,1H3. The van der Waals surface area contributed by atoms with Crippen LogP contribution in [0, 0.1) is 0 Å². The number of benzene rings is 1. The monoisotopic (exact) mass is 163 g/mol. The molecule has 1 rings (SSSR count). The second-order valence-corrected chi connectivity index (χ2v) is 2.18. The zero-order valence-corrected chi connectivity index (χ0v) is 6.68. The molecule has 0 unspecified atom stereocenters. The van der Waals surface area contributed by atoms with Gasteiger partial charge in [0.15, 0.2) is 5.84 Å². The highest BCUT2D eigenvalue weighted by molar-refractivity contribution is 5.79. The van der Waals surface area contributed by atoms with E-state index in [4.69, 9.17) is 5.21 Å².